The molecule has 0 unspecified atom stereocenters. The largest absolute Gasteiger partial charge is 0.573 e. The Morgan fingerprint density at radius 3 is 2.58 bits per heavy atom. The first kappa shape index (κ1) is 16.3. The molecule has 0 saturated heterocycles. The Kier molecular flexibility index (Phi) is 3.92. The van der Waals surface area contributed by atoms with Gasteiger partial charge in [-0.15, -0.1) is 13.2 Å². The van der Waals surface area contributed by atoms with E-state index in [1.54, 1.807) is 18.2 Å². The molecule has 0 aliphatic rings. The number of sulfone groups is 1. The van der Waals surface area contributed by atoms with Crippen LogP contribution in [0, 0.1) is 6.07 Å². The molecule has 1 aromatic heterocycles. The van der Waals surface area contributed by atoms with Crippen molar-refractivity contribution in [2.45, 2.75) is 16.2 Å². The molecule has 0 spiro atoms. The van der Waals surface area contributed by atoms with Crippen LogP contribution in [0.15, 0.2) is 64.5 Å². The number of pyridine rings is 1. The van der Waals surface area contributed by atoms with Crippen molar-refractivity contribution in [1.82, 2.24) is 4.98 Å². The summed E-state index contributed by atoms with van der Waals surface area (Å²) in [6.07, 6.45) is -3.92. The molecule has 0 aliphatic carbocycles. The van der Waals surface area contributed by atoms with E-state index in [-0.39, 0.29) is 4.90 Å². The van der Waals surface area contributed by atoms with Crippen LogP contribution in [0.2, 0.25) is 0 Å². The summed E-state index contributed by atoms with van der Waals surface area (Å²) in [5.74, 6) is -0.787. The fourth-order valence-corrected chi connectivity index (χ4v) is 3.50. The van der Waals surface area contributed by atoms with Crippen LogP contribution < -0.4 is 4.74 Å². The Morgan fingerprint density at radius 2 is 1.83 bits per heavy atom. The third-order valence-corrected chi connectivity index (χ3v) is 4.92. The lowest BCUT2D eigenvalue weighted by Crippen LogP contribution is -2.19. The SMILES string of the molecule is O=S(=O)(c1cnc2[c]cccc2c1)c1ccccc1OC(F)(F)F. The number of para-hydroxylation sites is 2. The first-order valence-electron chi connectivity index (χ1n) is 6.64. The molecule has 4 nitrogen and oxygen atoms in total. The number of ether oxygens (including phenoxy) is 1. The van der Waals surface area contributed by atoms with E-state index >= 15 is 0 Å². The zero-order valence-electron chi connectivity index (χ0n) is 11.9. The molecule has 0 bridgehead atoms. The fourth-order valence-electron chi connectivity index (χ4n) is 2.14. The smallest absolute Gasteiger partial charge is 0.404 e. The van der Waals surface area contributed by atoms with Gasteiger partial charge in [-0.1, -0.05) is 30.3 Å². The van der Waals surface area contributed by atoms with Gasteiger partial charge in [-0.05, 0) is 18.2 Å². The molecular formula is C16H9F3NO3S. The van der Waals surface area contributed by atoms with Crippen molar-refractivity contribution in [2.75, 3.05) is 0 Å². The van der Waals surface area contributed by atoms with Crippen molar-refractivity contribution >= 4 is 20.7 Å². The van der Waals surface area contributed by atoms with Crippen molar-refractivity contribution in [3.05, 3.63) is 60.8 Å². The maximum absolute atomic E-state index is 12.7. The minimum atomic E-state index is -5.00. The van der Waals surface area contributed by atoms with Crippen LogP contribution in [-0.2, 0) is 9.84 Å². The molecule has 0 aliphatic heterocycles. The zero-order valence-corrected chi connectivity index (χ0v) is 12.7. The topological polar surface area (TPSA) is 56.3 Å². The third-order valence-electron chi connectivity index (χ3n) is 3.16. The molecule has 1 heterocycles. The van der Waals surface area contributed by atoms with Gasteiger partial charge in [0.25, 0.3) is 0 Å². The number of alkyl halides is 3. The summed E-state index contributed by atoms with van der Waals surface area (Å²) in [6.45, 7) is 0. The Balaban J connectivity index is 2.13. The van der Waals surface area contributed by atoms with Gasteiger partial charge in [0, 0.05) is 17.6 Å². The van der Waals surface area contributed by atoms with Crippen LogP contribution in [0.3, 0.4) is 0 Å². The summed E-state index contributed by atoms with van der Waals surface area (Å²) < 4.78 is 66.7. The van der Waals surface area contributed by atoms with Crippen LogP contribution in [0.25, 0.3) is 10.9 Å². The lowest BCUT2D eigenvalue weighted by molar-refractivity contribution is -0.275. The number of aromatic nitrogens is 1. The van der Waals surface area contributed by atoms with Gasteiger partial charge in [0.1, 0.15) is 10.6 Å². The number of benzene rings is 2. The zero-order chi connectivity index (χ0) is 17.4. The summed E-state index contributed by atoms with van der Waals surface area (Å²) >= 11 is 0. The average Bonchev–Trinajstić information content (AvgIpc) is 2.53. The second-order valence-electron chi connectivity index (χ2n) is 4.78. The molecule has 0 N–H and O–H groups in total. The summed E-state index contributed by atoms with van der Waals surface area (Å²) in [7, 11) is -4.23. The second-order valence-corrected chi connectivity index (χ2v) is 6.70. The molecule has 0 amide bonds. The monoisotopic (exact) mass is 352 g/mol. The van der Waals surface area contributed by atoms with E-state index in [0.717, 1.165) is 18.3 Å². The van der Waals surface area contributed by atoms with Crippen molar-refractivity contribution in [3.63, 3.8) is 0 Å². The minimum Gasteiger partial charge on any atom is -0.404 e. The van der Waals surface area contributed by atoms with Gasteiger partial charge in [-0.3, -0.25) is 4.98 Å². The number of rotatable bonds is 3. The normalized spacial score (nSPS) is 12.3. The molecule has 24 heavy (non-hydrogen) atoms. The summed E-state index contributed by atoms with van der Waals surface area (Å²) in [5.41, 5.74) is 0.455. The van der Waals surface area contributed by atoms with E-state index in [2.05, 4.69) is 15.8 Å². The number of hydrogen-bond acceptors (Lipinski definition) is 4. The van der Waals surface area contributed by atoms with E-state index in [1.807, 2.05) is 0 Å². The minimum absolute atomic E-state index is 0.229. The first-order chi connectivity index (χ1) is 11.3. The molecule has 0 saturated carbocycles. The van der Waals surface area contributed by atoms with Crippen LogP contribution in [0.4, 0.5) is 13.2 Å². The summed E-state index contributed by atoms with van der Waals surface area (Å²) in [4.78, 5) is 3.17. The lowest BCUT2D eigenvalue weighted by Gasteiger charge is -2.13. The van der Waals surface area contributed by atoms with Crippen molar-refractivity contribution < 1.29 is 26.3 Å². The Morgan fingerprint density at radius 1 is 1.08 bits per heavy atom. The van der Waals surface area contributed by atoms with Crippen LogP contribution in [-0.4, -0.2) is 19.8 Å². The molecule has 3 aromatic rings. The van der Waals surface area contributed by atoms with Gasteiger partial charge in [0.05, 0.1) is 10.4 Å². The predicted molar refractivity (Wildman–Crippen MR) is 79.2 cm³/mol. The summed E-state index contributed by atoms with van der Waals surface area (Å²) in [5, 5.41) is 0.507. The predicted octanol–water partition coefficient (Wildman–Crippen LogP) is 3.77. The molecule has 0 fully saturated rings. The Hall–Kier alpha value is -2.61. The van der Waals surface area contributed by atoms with E-state index in [4.69, 9.17) is 0 Å². The summed E-state index contributed by atoms with van der Waals surface area (Å²) in [6, 6.07) is 13.6. The highest BCUT2D eigenvalue weighted by Gasteiger charge is 2.34. The maximum Gasteiger partial charge on any atom is 0.573 e. The van der Waals surface area contributed by atoms with Gasteiger partial charge >= 0.3 is 6.36 Å². The van der Waals surface area contributed by atoms with Gasteiger partial charge < -0.3 is 4.74 Å². The van der Waals surface area contributed by atoms with E-state index in [0.29, 0.717) is 10.9 Å². The highest BCUT2D eigenvalue weighted by molar-refractivity contribution is 7.91. The van der Waals surface area contributed by atoms with Crippen LogP contribution >= 0.6 is 0 Å². The molecule has 123 valence electrons. The van der Waals surface area contributed by atoms with Gasteiger partial charge in [0.2, 0.25) is 9.84 Å². The van der Waals surface area contributed by atoms with Gasteiger partial charge in [-0.2, -0.15) is 0 Å². The lowest BCUT2D eigenvalue weighted by atomic mass is 10.2. The van der Waals surface area contributed by atoms with E-state index in [9.17, 15) is 21.6 Å². The maximum atomic E-state index is 12.7. The average molecular weight is 352 g/mol. The molecule has 0 atom stereocenters. The molecule has 8 heteroatoms. The molecular weight excluding hydrogens is 343 g/mol. The number of halogens is 3. The second kappa shape index (κ2) is 5.79. The number of nitrogens with zero attached hydrogens (tertiary/aromatic N) is 1. The standard InChI is InChI=1S/C16H9F3NO3S/c17-16(18,19)23-14-7-3-4-8-15(14)24(21,22)12-9-11-5-1-2-6-13(11)20-10-12/h1-5,7-10H. The van der Waals surface area contributed by atoms with Gasteiger partial charge in [-0.25, -0.2) is 8.42 Å². The Labute approximate surface area is 135 Å². The highest BCUT2D eigenvalue weighted by Crippen LogP contribution is 2.33. The van der Waals surface area contributed by atoms with Gasteiger partial charge in [0.15, 0.2) is 0 Å². The quantitative estimate of drug-likeness (QED) is 0.720. The van der Waals surface area contributed by atoms with Crippen molar-refractivity contribution in [3.8, 4) is 5.75 Å². The third kappa shape index (κ3) is 3.18. The van der Waals surface area contributed by atoms with Crippen LogP contribution in [0.1, 0.15) is 0 Å². The number of hydrogen-bond donors (Lipinski definition) is 0. The molecule has 2 aromatic carbocycles. The van der Waals surface area contributed by atoms with Crippen LogP contribution in [0.5, 0.6) is 5.75 Å². The number of fused-ring (bicyclic) bond motifs is 1. The van der Waals surface area contributed by atoms with E-state index < -0.39 is 26.8 Å². The Bertz CT molecular complexity index is 1000. The van der Waals surface area contributed by atoms with Crippen molar-refractivity contribution in [1.29, 1.82) is 0 Å². The van der Waals surface area contributed by atoms with Crippen molar-refractivity contribution in [2.24, 2.45) is 0 Å². The molecule has 3 rings (SSSR count). The molecule has 1 radical (unpaired) electrons. The highest BCUT2D eigenvalue weighted by atomic mass is 32.2. The first-order valence-corrected chi connectivity index (χ1v) is 8.12. The fraction of sp³-hybridized carbons (Fsp3) is 0.0625. The van der Waals surface area contributed by atoms with E-state index in [1.165, 1.54) is 18.2 Å².